The molecule has 0 saturated heterocycles. The Morgan fingerprint density at radius 3 is 2.42 bits per heavy atom. The highest BCUT2D eigenvalue weighted by molar-refractivity contribution is 7.89. The van der Waals surface area contributed by atoms with Crippen LogP contribution in [0.1, 0.15) is 13.8 Å². The Balaban J connectivity index is 2.11. The van der Waals surface area contributed by atoms with Gasteiger partial charge in [-0.1, -0.05) is 6.92 Å². The zero-order valence-corrected chi connectivity index (χ0v) is 20.3. The van der Waals surface area contributed by atoms with Gasteiger partial charge in [0.05, 0.1) is 25.1 Å². The average Bonchev–Trinajstić information content (AvgIpc) is 3.23. The molecule has 3 atom stereocenters. The van der Waals surface area contributed by atoms with Crippen molar-refractivity contribution < 1.29 is 27.4 Å². The van der Waals surface area contributed by atoms with E-state index in [1.165, 1.54) is 60.2 Å². The summed E-state index contributed by atoms with van der Waals surface area (Å²) in [4.78, 5) is 18.2. The van der Waals surface area contributed by atoms with Crippen LogP contribution in [0.2, 0.25) is 0 Å². The van der Waals surface area contributed by atoms with Gasteiger partial charge in [-0.05, 0) is 31.2 Å². The largest absolute Gasteiger partial charge is 0.394 e. The summed E-state index contributed by atoms with van der Waals surface area (Å²) in [6, 6.07) is 4.36. The molecule has 12 heteroatoms. The monoisotopic (exact) mass is 485 g/mol. The maximum atomic E-state index is 13.1. The van der Waals surface area contributed by atoms with Crippen LogP contribution in [0.4, 0.5) is 14.9 Å². The number of aliphatic hydroxyl groups excluding tert-OH is 1. The van der Waals surface area contributed by atoms with Gasteiger partial charge in [-0.2, -0.15) is 4.31 Å². The Morgan fingerprint density at radius 2 is 1.91 bits per heavy atom. The summed E-state index contributed by atoms with van der Waals surface area (Å²) in [6.45, 7) is 3.48. The highest BCUT2D eigenvalue weighted by atomic mass is 32.2. The number of anilines is 1. The molecule has 0 radical (unpaired) electrons. The summed E-state index contributed by atoms with van der Waals surface area (Å²) in [7, 11) is 0.787. The van der Waals surface area contributed by atoms with Crippen molar-refractivity contribution in [1.29, 1.82) is 0 Å². The predicted molar refractivity (Wildman–Crippen MR) is 122 cm³/mol. The molecule has 0 unspecified atom stereocenters. The lowest BCUT2D eigenvalue weighted by Gasteiger charge is -2.34. The minimum absolute atomic E-state index is 0.0392. The molecule has 1 aromatic heterocycles. The van der Waals surface area contributed by atoms with Crippen molar-refractivity contribution in [3.05, 3.63) is 42.6 Å². The number of rotatable bonds is 11. The van der Waals surface area contributed by atoms with Gasteiger partial charge in [0.1, 0.15) is 5.82 Å². The van der Waals surface area contributed by atoms with Crippen molar-refractivity contribution in [3.63, 3.8) is 0 Å². The van der Waals surface area contributed by atoms with Crippen LogP contribution in [0, 0.1) is 11.7 Å². The molecule has 0 fully saturated rings. The van der Waals surface area contributed by atoms with Crippen molar-refractivity contribution in [2.75, 3.05) is 39.2 Å². The van der Waals surface area contributed by atoms with E-state index in [0.29, 0.717) is 5.69 Å². The van der Waals surface area contributed by atoms with Gasteiger partial charge in [-0.15, -0.1) is 0 Å². The van der Waals surface area contributed by atoms with Crippen LogP contribution in [0.15, 0.2) is 41.8 Å². The number of nitrogens with one attached hydrogen (secondary N) is 1. The maximum Gasteiger partial charge on any atom is 0.322 e. The number of hydrogen-bond donors (Lipinski definition) is 2. The van der Waals surface area contributed by atoms with E-state index < -0.39 is 34.0 Å². The van der Waals surface area contributed by atoms with E-state index in [4.69, 9.17) is 4.74 Å². The van der Waals surface area contributed by atoms with Gasteiger partial charge in [0, 0.05) is 52.1 Å². The van der Waals surface area contributed by atoms with Gasteiger partial charge in [-0.3, -0.25) is 0 Å². The van der Waals surface area contributed by atoms with Crippen LogP contribution in [-0.4, -0.2) is 84.3 Å². The molecular weight excluding hydrogens is 453 g/mol. The Kier molecular flexibility index (Phi) is 9.35. The summed E-state index contributed by atoms with van der Waals surface area (Å²) >= 11 is 0. The number of sulfonamides is 1. The summed E-state index contributed by atoms with van der Waals surface area (Å²) in [5, 5.41) is 12.3. The van der Waals surface area contributed by atoms with Crippen LogP contribution in [-0.2, 0) is 21.8 Å². The fraction of sp³-hybridized carbons (Fsp3) is 0.524. The van der Waals surface area contributed by atoms with Crippen molar-refractivity contribution in [2.24, 2.45) is 13.0 Å². The molecular formula is C21H32FN5O5S. The topological polar surface area (TPSA) is 117 Å². The molecule has 0 spiro atoms. The van der Waals surface area contributed by atoms with Crippen LogP contribution < -0.4 is 5.32 Å². The molecule has 0 saturated carbocycles. The lowest BCUT2D eigenvalue weighted by atomic mass is 10.0. The fourth-order valence-electron chi connectivity index (χ4n) is 3.24. The quantitative estimate of drug-likeness (QED) is 0.501. The molecule has 10 nitrogen and oxygen atoms in total. The number of likely N-dealkylation sites (N-methyl/N-ethyl adjacent to an activating group) is 1. The number of aryl methyl sites for hydroxylation is 1. The van der Waals surface area contributed by atoms with Crippen molar-refractivity contribution in [2.45, 2.75) is 31.0 Å². The zero-order valence-electron chi connectivity index (χ0n) is 19.5. The standard InChI is InChI=1S/C21H32FN5O5S/c1-15(19(32-5)11-26(4)33(30,31)20-12-25(3)14-23-20)10-27(16(2)13-28)21(29)24-18-8-6-17(22)7-9-18/h6-9,12,14-16,19,28H,10-11,13H2,1-5H3,(H,24,29)/t15-,16+,19-/m1/s1. The third kappa shape index (κ3) is 6.97. The molecule has 0 bridgehead atoms. The number of methoxy groups -OCH3 is 1. The van der Waals surface area contributed by atoms with Crippen molar-refractivity contribution in [1.82, 2.24) is 18.8 Å². The second-order valence-electron chi connectivity index (χ2n) is 8.04. The number of urea groups is 1. The van der Waals surface area contributed by atoms with Gasteiger partial charge in [0.2, 0.25) is 0 Å². The molecule has 2 rings (SSSR count). The molecule has 2 N–H and O–H groups in total. The van der Waals surface area contributed by atoms with Crippen LogP contribution in [0.5, 0.6) is 0 Å². The molecule has 33 heavy (non-hydrogen) atoms. The number of aliphatic hydroxyl groups is 1. The number of benzene rings is 1. The van der Waals surface area contributed by atoms with E-state index in [1.807, 2.05) is 6.92 Å². The summed E-state index contributed by atoms with van der Waals surface area (Å²) < 4.78 is 47.0. The molecule has 2 amide bonds. The molecule has 2 aromatic rings. The van der Waals surface area contributed by atoms with E-state index in [1.54, 1.807) is 18.5 Å². The van der Waals surface area contributed by atoms with Gasteiger partial charge in [0.15, 0.2) is 5.03 Å². The highest BCUT2D eigenvalue weighted by Gasteiger charge is 2.31. The maximum absolute atomic E-state index is 13.1. The zero-order chi connectivity index (χ0) is 24.8. The number of halogens is 1. The first-order valence-corrected chi connectivity index (χ1v) is 11.8. The van der Waals surface area contributed by atoms with Crippen LogP contribution in [0.25, 0.3) is 0 Å². The number of carbonyl (C=O) groups is 1. The molecule has 0 aliphatic carbocycles. The molecule has 0 aliphatic rings. The molecule has 1 heterocycles. The summed E-state index contributed by atoms with van der Waals surface area (Å²) in [6.07, 6.45) is 2.28. The smallest absolute Gasteiger partial charge is 0.322 e. The number of nitrogens with zero attached hydrogens (tertiary/aromatic N) is 4. The first kappa shape index (κ1) is 26.7. The average molecular weight is 486 g/mol. The molecule has 1 aromatic carbocycles. The minimum atomic E-state index is -3.81. The van der Waals surface area contributed by atoms with E-state index >= 15 is 0 Å². The van der Waals surface area contributed by atoms with Gasteiger partial charge >= 0.3 is 6.03 Å². The third-order valence-electron chi connectivity index (χ3n) is 5.37. The van der Waals surface area contributed by atoms with E-state index in [9.17, 15) is 22.7 Å². The Bertz CT molecular complexity index is 1010. The Morgan fingerprint density at radius 1 is 1.27 bits per heavy atom. The lowest BCUT2D eigenvalue weighted by Crippen LogP contribution is -2.48. The van der Waals surface area contributed by atoms with Gasteiger partial charge < -0.3 is 24.6 Å². The number of ether oxygens (including phenoxy) is 1. The van der Waals surface area contributed by atoms with Gasteiger partial charge in [-0.25, -0.2) is 22.6 Å². The second kappa shape index (κ2) is 11.5. The van der Waals surface area contributed by atoms with Crippen LogP contribution >= 0.6 is 0 Å². The summed E-state index contributed by atoms with van der Waals surface area (Å²) in [5.74, 6) is -0.709. The van der Waals surface area contributed by atoms with Crippen molar-refractivity contribution in [3.8, 4) is 0 Å². The summed E-state index contributed by atoms with van der Waals surface area (Å²) in [5.41, 5.74) is 0.411. The van der Waals surface area contributed by atoms with E-state index in [2.05, 4.69) is 10.3 Å². The number of amides is 2. The number of aromatic nitrogens is 2. The first-order chi connectivity index (χ1) is 15.5. The first-order valence-electron chi connectivity index (χ1n) is 10.4. The predicted octanol–water partition coefficient (Wildman–Crippen LogP) is 1.75. The fourth-order valence-corrected chi connectivity index (χ4v) is 4.38. The third-order valence-corrected chi connectivity index (χ3v) is 7.08. The lowest BCUT2D eigenvalue weighted by molar-refractivity contribution is 0.0305. The van der Waals surface area contributed by atoms with E-state index in [0.717, 1.165) is 0 Å². The highest BCUT2D eigenvalue weighted by Crippen LogP contribution is 2.18. The number of carbonyl (C=O) groups excluding carboxylic acids is 1. The van der Waals surface area contributed by atoms with E-state index in [-0.39, 0.29) is 30.6 Å². The van der Waals surface area contributed by atoms with Gasteiger partial charge in [0.25, 0.3) is 10.0 Å². The molecule has 0 aliphatic heterocycles. The number of hydrogen-bond acceptors (Lipinski definition) is 6. The molecule has 184 valence electrons. The normalized spacial score (nSPS) is 14.7. The van der Waals surface area contributed by atoms with Crippen LogP contribution in [0.3, 0.4) is 0 Å². The minimum Gasteiger partial charge on any atom is -0.394 e. The Labute approximate surface area is 194 Å². The Hall–Kier alpha value is -2.54. The SMILES string of the molecule is CO[C@H](CN(C)S(=O)(=O)c1cn(C)cn1)[C@H](C)CN(C(=O)Nc1ccc(F)cc1)[C@@H](C)CO. The second-order valence-corrected chi connectivity index (χ2v) is 10.0. The number of imidazole rings is 1. The van der Waals surface area contributed by atoms with Crippen molar-refractivity contribution >= 4 is 21.7 Å².